The number of hydrogen-bond acceptors (Lipinski definition) is 7. The molecule has 0 radical (unpaired) electrons. The fourth-order valence-corrected chi connectivity index (χ4v) is 5.10. The van der Waals surface area contributed by atoms with E-state index in [0.717, 1.165) is 16.9 Å². The molecule has 3 aromatic rings. The fraction of sp³-hybridized carbons (Fsp3) is 0.367. The summed E-state index contributed by atoms with van der Waals surface area (Å²) in [5.74, 6) is 2.29. The number of carbonyl (C=O) groups is 2. The van der Waals surface area contributed by atoms with E-state index in [4.69, 9.17) is 25.8 Å². The van der Waals surface area contributed by atoms with Crippen LogP contribution in [0.1, 0.15) is 24.0 Å². The van der Waals surface area contributed by atoms with Crippen molar-refractivity contribution < 1.29 is 23.8 Å². The highest BCUT2D eigenvalue weighted by atomic mass is 35.5. The van der Waals surface area contributed by atoms with Gasteiger partial charge in [0.05, 0.1) is 37.4 Å². The highest BCUT2D eigenvalue weighted by Gasteiger charge is 2.32. The van der Waals surface area contributed by atoms with E-state index in [0.29, 0.717) is 54.8 Å². The van der Waals surface area contributed by atoms with Gasteiger partial charge in [-0.05, 0) is 60.4 Å². The van der Waals surface area contributed by atoms with E-state index in [1.54, 1.807) is 20.4 Å². The van der Waals surface area contributed by atoms with Crippen molar-refractivity contribution in [2.75, 3.05) is 38.7 Å². The Bertz CT molecular complexity index is 1350. The number of aryl methyl sites for hydroxylation is 1. The number of ether oxygens (including phenoxy) is 3. The number of pyridine rings is 1. The monoisotopic (exact) mass is 564 g/mol. The van der Waals surface area contributed by atoms with Gasteiger partial charge in [-0.3, -0.25) is 9.59 Å². The molecule has 1 aromatic heterocycles. The van der Waals surface area contributed by atoms with Crippen LogP contribution in [0.3, 0.4) is 0 Å². The highest BCUT2D eigenvalue weighted by molar-refractivity contribution is 6.30. The lowest BCUT2D eigenvalue weighted by Crippen LogP contribution is -2.56. The van der Waals surface area contributed by atoms with E-state index in [2.05, 4.69) is 15.2 Å². The first-order valence-electron chi connectivity index (χ1n) is 13.3. The first-order valence-corrected chi connectivity index (χ1v) is 13.7. The second kappa shape index (κ2) is 12.6. The lowest BCUT2D eigenvalue weighted by molar-refractivity contribution is -0.135. The van der Waals surface area contributed by atoms with Crippen LogP contribution < -0.4 is 19.7 Å². The Morgan fingerprint density at radius 3 is 2.75 bits per heavy atom. The standard InChI is InChI=1S/C30H33ClN4O5/c1-34-18-29(36)33-24-12-13-35(28-10-8-22(31)16-32-28)17-27(24)39-19-21-4-3-5-23(14-21)40-25-9-6-20(7-11-30(34)37)15-26(25)38-2/h3-6,8-10,14-16,24,27H,7,11-13,17-19H2,1-2H3,(H,33,36)/t24-,27-/m0/s1. The summed E-state index contributed by atoms with van der Waals surface area (Å²) in [6.45, 7) is 1.53. The molecule has 2 aromatic carbocycles. The summed E-state index contributed by atoms with van der Waals surface area (Å²) in [7, 11) is 3.24. The van der Waals surface area contributed by atoms with Crippen LogP contribution in [0.5, 0.6) is 17.2 Å². The van der Waals surface area contributed by atoms with Gasteiger partial charge >= 0.3 is 0 Å². The Balaban J connectivity index is 1.41. The van der Waals surface area contributed by atoms with Crippen LogP contribution in [0.25, 0.3) is 0 Å². The molecule has 4 heterocycles. The van der Waals surface area contributed by atoms with Gasteiger partial charge in [0.15, 0.2) is 11.5 Å². The Hall–Kier alpha value is -3.82. The predicted molar refractivity (Wildman–Crippen MR) is 152 cm³/mol. The number of carbonyl (C=O) groups excluding carboxylic acids is 2. The number of hydrogen-bond donors (Lipinski definition) is 1. The average molecular weight is 565 g/mol. The highest BCUT2D eigenvalue weighted by Crippen LogP contribution is 2.33. The number of amides is 2. The molecule has 0 spiro atoms. The van der Waals surface area contributed by atoms with Crippen molar-refractivity contribution in [2.24, 2.45) is 0 Å². The summed E-state index contributed by atoms with van der Waals surface area (Å²) >= 11 is 6.04. The number of anilines is 1. The minimum absolute atomic E-state index is 0.0251. The molecular formula is C30H33ClN4O5. The maximum Gasteiger partial charge on any atom is 0.239 e. The minimum Gasteiger partial charge on any atom is -0.493 e. The fourth-order valence-electron chi connectivity index (χ4n) is 4.99. The van der Waals surface area contributed by atoms with E-state index in [1.165, 1.54) is 4.90 Å². The van der Waals surface area contributed by atoms with Gasteiger partial charge in [0, 0.05) is 32.8 Å². The summed E-state index contributed by atoms with van der Waals surface area (Å²) in [5.41, 5.74) is 1.88. The molecule has 40 heavy (non-hydrogen) atoms. The number of aromatic nitrogens is 1. The molecule has 1 fully saturated rings. The summed E-state index contributed by atoms with van der Waals surface area (Å²) in [5, 5.41) is 3.69. The van der Waals surface area contributed by atoms with Crippen molar-refractivity contribution in [2.45, 2.75) is 38.0 Å². The molecule has 1 saturated heterocycles. The number of benzene rings is 2. The zero-order chi connectivity index (χ0) is 28.1. The van der Waals surface area contributed by atoms with E-state index in [9.17, 15) is 9.59 Å². The molecule has 9 nitrogen and oxygen atoms in total. The first kappa shape index (κ1) is 27.7. The maximum absolute atomic E-state index is 13.0. The second-order valence-electron chi connectivity index (χ2n) is 10.1. The molecule has 6 rings (SSSR count). The van der Waals surface area contributed by atoms with Crippen molar-refractivity contribution in [3.05, 3.63) is 76.9 Å². The third-order valence-electron chi connectivity index (χ3n) is 7.19. The van der Waals surface area contributed by atoms with E-state index >= 15 is 0 Å². The van der Waals surface area contributed by atoms with Crippen molar-refractivity contribution in [1.29, 1.82) is 0 Å². The summed E-state index contributed by atoms with van der Waals surface area (Å²) in [6.07, 6.45) is 2.76. The lowest BCUT2D eigenvalue weighted by atomic mass is 10.0. The number of methoxy groups -OCH3 is 1. The Morgan fingerprint density at radius 2 is 1.95 bits per heavy atom. The van der Waals surface area contributed by atoms with Gasteiger partial charge in [0.1, 0.15) is 11.6 Å². The number of fused-ring (bicyclic) bond motifs is 9. The average Bonchev–Trinajstić information content (AvgIpc) is 2.96. The Labute approximate surface area is 239 Å². The van der Waals surface area contributed by atoms with E-state index in [-0.39, 0.29) is 36.9 Å². The topological polar surface area (TPSA) is 93.2 Å². The molecule has 4 bridgehead atoms. The summed E-state index contributed by atoms with van der Waals surface area (Å²) < 4.78 is 18.1. The van der Waals surface area contributed by atoms with Gasteiger partial charge in [-0.25, -0.2) is 4.98 Å². The van der Waals surface area contributed by atoms with Gasteiger partial charge in [0.2, 0.25) is 11.8 Å². The predicted octanol–water partition coefficient (Wildman–Crippen LogP) is 4.22. The van der Waals surface area contributed by atoms with Gasteiger partial charge in [-0.1, -0.05) is 29.8 Å². The molecule has 10 heteroatoms. The van der Waals surface area contributed by atoms with Crippen molar-refractivity contribution in [1.82, 2.24) is 15.2 Å². The van der Waals surface area contributed by atoms with Crippen LogP contribution >= 0.6 is 11.6 Å². The molecule has 0 aliphatic carbocycles. The number of halogens is 1. The molecule has 210 valence electrons. The van der Waals surface area contributed by atoms with Gasteiger partial charge < -0.3 is 29.3 Å². The second-order valence-corrected chi connectivity index (χ2v) is 10.5. The van der Waals surface area contributed by atoms with E-state index in [1.807, 2.05) is 54.6 Å². The molecule has 0 unspecified atom stereocenters. The molecule has 1 N–H and O–H groups in total. The van der Waals surface area contributed by atoms with Crippen molar-refractivity contribution in [3.63, 3.8) is 0 Å². The number of rotatable bonds is 2. The summed E-state index contributed by atoms with van der Waals surface area (Å²) in [4.78, 5) is 33.9. The Kier molecular flexibility index (Phi) is 8.72. The largest absolute Gasteiger partial charge is 0.493 e. The van der Waals surface area contributed by atoms with Crippen molar-refractivity contribution >= 4 is 29.2 Å². The number of piperidine rings is 1. The Morgan fingerprint density at radius 1 is 1.07 bits per heavy atom. The lowest BCUT2D eigenvalue weighted by Gasteiger charge is -2.39. The van der Waals surface area contributed by atoms with Crippen LogP contribution in [0.4, 0.5) is 5.82 Å². The minimum atomic E-state index is -0.310. The molecule has 3 aliphatic heterocycles. The third-order valence-corrected chi connectivity index (χ3v) is 7.42. The SMILES string of the molecule is COc1cc2ccc1Oc1cccc(c1)CO[C@H]1CN(c3ccc(Cl)cn3)CC[C@@H]1NC(=O)CN(C)C(=O)CC2. The van der Waals surface area contributed by atoms with Gasteiger partial charge in [0.25, 0.3) is 0 Å². The van der Waals surface area contributed by atoms with Crippen LogP contribution in [0.2, 0.25) is 5.02 Å². The zero-order valence-electron chi connectivity index (χ0n) is 22.6. The number of likely N-dealkylation sites (N-methyl/N-ethyl adjacent to an activating group) is 1. The van der Waals surface area contributed by atoms with Crippen LogP contribution in [-0.4, -0.2) is 67.6 Å². The molecule has 3 aliphatic rings. The normalized spacial score (nSPS) is 20.5. The molecule has 2 amide bonds. The van der Waals surface area contributed by atoms with E-state index < -0.39 is 0 Å². The van der Waals surface area contributed by atoms with Crippen molar-refractivity contribution in [3.8, 4) is 17.2 Å². The van der Waals surface area contributed by atoms with Gasteiger partial charge in [-0.15, -0.1) is 0 Å². The van der Waals surface area contributed by atoms with Crippen LogP contribution in [-0.2, 0) is 27.4 Å². The quantitative estimate of drug-likeness (QED) is 0.498. The molecule has 0 saturated carbocycles. The smallest absolute Gasteiger partial charge is 0.239 e. The third kappa shape index (κ3) is 6.84. The van der Waals surface area contributed by atoms with Gasteiger partial charge in [-0.2, -0.15) is 0 Å². The van der Waals surface area contributed by atoms with Crippen LogP contribution in [0.15, 0.2) is 60.8 Å². The number of nitrogens with zero attached hydrogens (tertiary/aromatic N) is 3. The first-order chi connectivity index (χ1) is 19.4. The summed E-state index contributed by atoms with van der Waals surface area (Å²) in [6, 6.07) is 16.8. The molecule has 2 atom stereocenters. The van der Waals surface area contributed by atoms with Crippen LogP contribution in [0, 0.1) is 0 Å². The molecular weight excluding hydrogens is 532 g/mol. The maximum atomic E-state index is 13.0. The zero-order valence-corrected chi connectivity index (χ0v) is 23.4. The number of nitrogens with one attached hydrogen (secondary N) is 1.